The maximum atomic E-state index is 12.9. The third-order valence-electron chi connectivity index (χ3n) is 5.01. The molecule has 0 aliphatic carbocycles. The summed E-state index contributed by atoms with van der Waals surface area (Å²) in [5, 5.41) is 9.93. The molecular formula is C26H21N3O2S2. The van der Waals surface area contributed by atoms with Gasteiger partial charge < -0.3 is 4.74 Å². The maximum absolute atomic E-state index is 12.9. The van der Waals surface area contributed by atoms with Gasteiger partial charge >= 0.3 is 0 Å². The smallest absolute Gasteiger partial charge is 0.266 e. The summed E-state index contributed by atoms with van der Waals surface area (Å²) in [6.07, 6.45) is 3.85. The number of carbonyl (C=O) groups excluding carboxylic acids is 1. The van der Waals surface area contributed by atoms with Gasteiger partial charge in [-0.2, -0.15) is 5.26 Å². The van der Waals surface area contributed by atoms with Crippen LogP contribution in [0.4, 0.5) is 5.69 Å². The fraction of sp³-hybridized carbons (Fsp3) is 0.115. The normalized spacial score (nSPS) is 15.8. The number of likely N-dealkylation sites (N-methyl/N-ethyl adjacent to an activating group) is 1. The zero-order valence-electron chi connectivity index (χ0n) is 18.2. The minimum absolute atomic E-state index is 0.107. The largest absolute Gasteiger partial charge is 0.488 e. The van der Waals surface area contributed by atoms with E-state index in [1.54, 1.807) is 29.8 Å². The first kappa shape index (κ1) is 22.7. The fourth-order valence-corrected chi connectivity index (χ4v) is 4.66. The van der Waals surface area contributed by atoms with E-state index < -0.39 is 0 Å². The number of hydrogen-bond acceptors (Lipinski definition) is 6. The van der Waals surface area contributed by atoms with E-state index in [0.29, 0.717) is 21.4 Å². The van der Waals surface area contributed by atoms with Crippen LogP contribution < -0.4 is 4.74 Å². The Labute approximate surface area is 201 Å². The molecule has 0 spiro atoms. The maximum Gasteiger partial charge on any atom is 0.266 e. The number of nitriles is 1. The number of rotatable bonds is 6. The molecule has 0 radical (unpaired) electrons. The summed E-state index contributed by atoms with van der Waals surface area (Å²) in [5.74, 6) is 0.538. The van der Waals surface area contributed by atoms with Gasteiger partial charge in [-0.15, -0.1) is 11.8 Å². The SMILES string of the molecule is CSc1cccc(N=C2S/C(=C/c3ccccc3OCc3ccccc3C#N)C(=O)N2C)c1. The highest BCUT2D eigenvalue weighted by Gasteiger charge is 2.30. The minimum Gasteiger partial charge on any atom is -0.488 e. The summed E-state index contributed by atoms with van der Waals surface area (Å²) < 4.78 is 6.02. The predicted molar refractivity (Wildman–Crippen MR) is 136 cm³/mol. The highest BCUT2D eigenvalue weighted by molar-refractivity contribution is 8.18. The Morgan fingerprint density at radius 2 is 1.91 bits per heavy atom. The molecule has 0 saturated carbocycles. The summed E-state index contributed by atoms with van der Waals surface area (Å²) in [4.78, 5) is 20.8. The van der Waals surface area contributed by atoms with Crippen molar-refractivity contribution in [1.82, 2.24) is 4.90 Å². The third-order valence-corrected chi connectivity index (χ3v) is 6.79. The number of hydrogen-bond donors (Lipinski definition) is 0. The molecule has 7 heteroatoms. The second-order valence-corrected chi connectivity index (χ2v) is 9.05. The van der Waals surface area contributed by atoms with Gasteiger partial charge in [0.2, 0.25) is 0 Å². The number of aliphatic imine (C=N–C) groups is 1. The van der Waals surface area contributed by atoms with E-state index in [2.05, 4.69) is 11.1 Å². The zero-order chi connectivity index (χ0) is 23.2. The Kier molecular flexibility index (Phi) is 7.18. The molecule has 3 aromatic rings. The average molecular weight is 472 g/mol. The molecule has 0 bridgehead atoms. The van der Waals surface area contributed by atoms with Crippen molar-refractivity contribution in [3.8, 4) is 11.8 Å². The molecule has 3 aromatic carbocycles. The van der Waals surface area contributed by atoms with Gasteiger partial charge in [0, 0.05) is 23.1 Å². The van der Waals surface area contributed by atoms with Gasteiger partial charge in [0.15, 0.2) is 5.17 Å². The van der Waals surface area contributed by atoms with E-state index in [1.165, 1.54) is 11.8 Å². The summed E-state index contributed by atoms with van der Waals surface area (Å²) in [5.41, 5.74) is 3.00. The Balaban J connectivity index is 1.57. The van der Waals surface area contributed by atoms with Crippen LogP contribution in [0.2, 0.25) is 0 Å². The second-order valence-electron chi connectivity index (χ2n) is 7.17. The highest BCUT2D eigenvalue weighted by atomic mass is 32.2. The predicted octanol–water partition coefficient (Wildman–Crippen LogP) is 6.09. The van der Waals surface area contributed by atoms with Gasteiger partial charge in [-0.1, -0.05) is 42.5 Å². The molecule has 1 aliphatic heterocycles. The molecule has 0 unspecified atom stereocenters. The highest BCUT2D eigenvalue weighted by Crippen LogP contribution is 2.35. The van der Waals surface area contributed by atoms with E-state index >= 15 is 0 Å². The molecular weight excluding hydrogens is 450 g/mol. The van der Waals surface area contributed by atoms with Crippen molar-refractivity contribution in [2.24, 2.45) is 4.99 Å². The van der Waals surface area contributed by atoms with Gasteiger partial charge in [-0.25, -0.2) is 4.99 Å². The van der Waals surface area contributed by atoms with Gasteiger partial charge in [-0.3, -0.25) is 9.69 Å². The van der Waals surface area contributed by atoms with Crippen LogP contribution in [0, 0.1) is 11.3 Å². The molecule has 33 heavy (non-hydrogen) atoms. The molecule has 1 aliphatic rings. The monoisotopic (exact) mass is 471 g/mol. The lowest BCUT2D eigenvalue weighted by Crippen LogP contribution is -2.23. The van der Waals surface area contributed by atoms with Crippen LogP contribution in [0.3, 0.4) is 0 Å². The van der Waals surface area contributed by atoms with Crippen LogP contribution in [0.5, 0.6) is 5.75 Å². The number of thioether (sulfide) groups is 2. The molecule has 0 N–H and O–H groups in total. The molecule has 1 saturated heterocycles. The lowest BCUT2D eigenvalue weighted by molar-refractivity contribution is -0.121. The molecule has 1 fully saturated rings. The van der Waals surface area contributed by atoms with E-state index in [0.717, 1.165) is 21.7 Å². The fourth-order valence-electron chi connectivity index (χ4n) is 3.23. The lowest BCUT2D eigenvalue weighted by atomic mass is 10.1. The topological polar surface area (TPSA) is 65.7 Å². The summed E-state index contributed by atoms with van der Waals surface area (Å²) in [6, 6.07) is 25.0. The van der Waals surface area contributed by atoms with Crippen LogP contribution >= 0.6 is 23.5 Å². The number of amidine groups is 1. The molecule has 5 nitrogen and oxygen atoms in total. The Morgan fingerprint density at radius 3 is 2.73 bits per heavy atom. The molecule has 1 heterocycles. The first-order chi connectivity index (χ1) is 16.1. The molecule has 4 rings (SSSR count). The average Bonchev–Trinajstić information content (AvgIpc) is 3.11. The Bertz CT molecular complexity index is 1290. The van der Waals surface area contributed by atoms with Crippen LogP contribution in [0.25, 0.3) is 6.08 Å². The summed E-state index contributed by atoms with van der Waals surface area (Å²) in [6.45, 7) is 0.267. The van der Waals surface area contributed by atoms with Crippen molar-refractivity contribution in [1.29, 1.82) is 5.26 Å². The van der Waals surface area contributed by atoms with Gasteiger partial charge in [0.25, 0.3) is 5.91 Å². The van der Waals surface area contributed by atoms with Gasteiger partial charge in [0.05, 0.1) is 22.2 Å². The number of benzene rings is 3. The number of ether oxygens (including phenoxy) is 1. The number of carbonyl (C=O) groups is 1. The van der Waals surface area contributed by atoms with Gasteiger partial charge in [-0.05, 0) is 54.4 Å². The second kappa shape index (κ2) is 10.4. The number of nitrogens with zero attached hydrogens (tertiary/aromatic N) is 3. The molecule has 1 amide bonds. The standard InChI is InChI=1S/C26H21N3O2S2/c1-29-25(30)24(33-26(29)28-21-11-7-12-22(15-21)32-2)14-18-8-5-6-13-23(18)31-17-20-10-4-3-9-19(20)16-27/h3-15H,17H2,1-2H3/b24-14+,28-26?. The third kappa shape index (κ3) is 5.30. The van der Waals surface area contributed by atoms with E-state index in [1.807, 2.05) is 79.1 Å². The van der Waals surface area contributed by atoms with Crippen molar-refractivity contribution in [2.75, 3.05) is 13.3 Å². The molecule has 164 valence electrons. The summed E-state index contributed by atoms with van der Waals surface area (Å²) in [7, 11) is 1.73. The van der Waals surface area contributed by atoms with E-state index in [4.69, 9.17) is 4.74 Å². The van der Waals surface area contributed by atoms with E-state index in [9.17, 15) is 10.1 Å². The lowest BCUT2D eigenvalue weighted by Gasteiger charge is -2.10. The first-order valence-corrected chi connectivity index (χ1v) is 12.2. The van der Waals surface area contributed by atoms with Crippen LogP contribution in [-0.2, 0) is 11.4 Å². The van der Waals surface area contributed by atoms with Crippen molar-refractivity contribution >= 4 is 46.4 Å². The zero-order valence-corrected chi connectivity index (χ0v) is 19.8. The molecule has 0 atom stereocenters. The van der Waals surface area contributed by atoms with Crippen LogP contribution in [0.15, 0.2) is 87.6 Å². The summed E-state index contributed by atoms with van der Waals surface area (Å²) >= 11 is 2.99. The first-order valence-electron chi connectivity index (χ1n) is 10.2. The quantitative estimate of drug-likeness (QED) is 0.321. The van der Waals surface area contributed by atoms with Crippen LogP contribution in [-0.4, -0.2) is 29.3 Å². The molecule has 0 aromatic heterocycles. The van der Waals surface area contributed by atoms with Crippen molar-refractivity contribution in [3.63, 3.8) is 0 Å². The number of para-hydroxylation sites is 1. The van der Waals surface area contributed by atoms with Crippen molar-refractivity contribution in [2.45, 2.75) is 11.5 Å². The Hall–Kier alpha value is -3.47. The van der Waals surface area contributed by atoms with Gasteiger partial charge in [0.1, 0.15) is 12.4 Å². The Morgan fingerprint density at radius 1 is 1.12 bits per heavy atom. The minimum atomic E-state index is -0.107. The van der Waals surface area contributed by atoms with Crippen LogP contribution in [0.1, 0.15) is 16.7 Å². The van der Waals surface area contributed by atoms with Crippen molar-refractivity contribution < 1.29 is 9.53 Å². The number of amides is 1. The van der Waals surface area contributed by atoms with E-state index in [-0.39, 0.29) is 12.5 Å². The van der Waals surface area contributed by atoms with Crippen molar-refractivity contribution in [3.05, 3.63) is 94.4 Å².